The molecule has 2 amide bonds. The van der Waals surface area contributed by atoms with E-state index in [1.165, 1.54) is 6.26 Å². The highest BCUT2D eigenvalue weighted by Crippen LogP contribution is 2.20. The number of hydrogen-bond donors (Lipinski definition) is 1. The van der Waals surface area contributed by atoms with Crippen LogP contribution in [-0.4, -0.2) is 28.7 Å². The first-order valence-corrected chi connectivity index (χ1v) is 8.16. The number of amides is 2. The summed E-state index contributed by atoms with van der Waals surface area (Å²) in [5, 5.41) is 2.79. The Morgan fingerprint density at radius 1 is 1.08 bits per heavy atom. The van der Waals surface area contributed by atoms with Gasteiger partial charge in [-0.3, -0.25) is 14.6 Å². The maximum atomic E-state index is 12.8. The average Bonchev–Trinajstić information content (AvgIpc) is 3.08. The van der Waals surface area contributed by atoms with Gasteiger partial charge in [0.2, 0.25) is 0 Å². The number of pyridine rings is 1. The van der Waals surface area contributed by atoms with Crippen molar-refractivity contribution in [3.63, 3.8) is 0 Å². The van der Waals surface area contributed by atoms with Gasteiger partial charge in [0.1, 0.15) is 5.76 Å². The molecule has 3 rings (SSSR count). The molecule has 3 aromatic rings. The van der Waals surface area contributed by atoms with Crippen LogP contribution in [-0.2, 0) is 6.54 Å². The number of carbonyl (C=O) groups is 2. The van der Waals surface area contributed by atoms with Gasteiger partial charge in [-0.1, -0.05) is 18.2 Å². The molecule has 2 aromatic heterocycles. The number of aromatic nitrogens is 1. The number of hydrogen-bond acceptors (Lipinski definition) is 4. The van der Waals surface area contributed by atoms with Gasteiger partial charge < -0.3 is 14.6 Å². The lowest BCUT2D eigenvalue weighted by atomic mass is 10.1. The van der Waals surface area contributed by atoms with Crippen molar-refractivity contribution in [1.82, 2.24) is 9.88 Å². The molecule has 0 unspecified atom stereocenters. The summed E-state index contributed by atoms with van der Waals surface area (Å²) in [5.74, 6) is 0.0120. The van der Waals surface area contributed by atoms with E-state index in [1.54, 1.807) is 55.4 Å². The van der Waals surface area contributed by atoms with E-state index in [0.717, 1.165) is 5.69 Å². The molecule has 0 aliphatic heterocycles. The van der Waals surface area contributed by atoms with Crippen molar-refractivity contribution in [3.8, 4) is 0 Å². The lowest BCUT2D eigenvalue weighted by Crippen LogP contribution is -2.28. The Morgan fingerprint density at radius 2 is 1.85 bits per heavy atom. The number of para-hydroxylation sites is 1. The number of nitrogens with zero attached hydrogens (tertiary/aromatic N) is 2. The van der Waals surface area contributed by atoms with Crippen LogP contribution in [0.15, 0.2) is 65.4 Å². The second-order valence-electron chi connectivity index (χ2n) is 5.87. The van der Waals surface area contributed by atoms with E-state index in [4.69, 9.17) is 4.42 Å². The monoisotopic (exact) mass is 349 g/mol. The molecule has 6 nitrogen and oxygen atoms in total. The first-order valence-electron chi connectivity index (χ1n) is 8.16. The molecule has 2 heterocycles. The third-order valence-electron chi connectivity index (χ3n) is 3.98. The van der Waals surface area contributed by atoms with Crippen LogP contribution in [0.5, 0.6) is 0 Å². The fourth-order valence-electron chi connectivity index (χ4n) is 2.60. The van der Waals surface area contributed by atoms with Crippen molar-refractivity contribution in [1.29, 1.82) is 0 Å². The van der Waals surface area contributed by atoms with Crippen molar-refractivity contribution in [2.45, 2.75) is 13.5 Å². The third kappa shape index (κ3) is 3.80. The molecule has 26 heavy (non-hydrogen) atoms. The Balaban J connectivity index is 1.79. The van der Waals surface area contributed by atoms with Crippen LogP contribution in [0.3, 0.4) is 0 Å². The summed E-state index contributed by atoms with van der Waals surface area (Å²) < 4.78 is 5.16. The van der Waals surface area contributed by atoms with Crippen LogP contribution in [0.4, 0.5) is 5.69 Å². The van der Waals surface area contributed by atoms with Gasteiger partial charge in [-0.25, -0.2) is 0 Å². The van der Waals surface area contributed by atoms with Gasteiger partial charge in [0.25, 0.3) is 11.8 Å². The minimum atomic E-state index is -0.316. The standard InChI is InChI=1S/C20H19N3O3/c1-14-16(10-12-26-14)19(24)22-18-9-4-3-8-17(18)20(25)23(2)13-15-7-5-6-11-21-15/h3-12H,13H2,1-2H3,(H,22,24). The molecule has 0 spiro atoms. The van der Waals surface area contributed by atoms with Crippen LogP contribution in [0.2, 0.25) is 0 Å². The smallest absolute Gasteiger partial charge is 0.259 e. The first kappa shape index (κ1) is 17.4. The summed E-state index contributed by atoms with van der Waals surface area (Å²) in [6, 6.07) is 14.1. The van der Waals surface area contributed by atoms with E-state index in [1.807, 2.05) is 18.2 Å². The Morgan fingerprint density at radius 3 is 2.54 bits per heavy atom. The SMILES string of the molecule is Cc1occc1C(=O)Nc1ccccc1C(=O)N(C)Cc1ccccn1. The van der Waals surface area contributed by atoms with E-state index < -0.39 is 0 Å². The number of benzene rings is 1. The summed E-state index contributed by atoms with van der Waals surface area (Å²) in [6.07, 6.45) is 3.15. The molecule has 0 fully saturated rings. The van der Waals surface area contributed by atoms with Gasteiger partial charge in [-0.05, 0) is 37.3 Å². The minimum Gasteiger partial charge on any atom is -0.469 e. The lowest BCUT2D eigenvalue weighted by Gasteiger charge is -2.19. The van der Waals surface area contributed by atoms with Crippen molar-refractivity contribution >= 4 is 17.5 Å². The average molecular weight is 349 g/mol. The number of furan rings is 1. The van der Waals surface area contributed by atoms with Crippen molar-refractivity contribution < 1.29 is 14.0 Å². The fraction of sp³-hybridized carbons (Fsp3) is 0.150. The number of carbonyl (C=O) groups excluding carboxylic acids is 2. The highest BCUT2D eigenvalue weighted by molar-refractivity contribution is 6.09. The van der Waals surface area contributed by atoms with Crippen molar-refractivity contribution in [2.24, 2.45) is 0 Å². The predicted octanol–water partition coefficient (Wildman–Crippen LogP) is 3.51. The Hall–Kier alpha value is -3.41. The van der Waals surface area contributed by atoms with E-state index in [0.29, 0.717) is 29.1 Å². The highest BCUT2D eigenvalue weighted by Gasteiger charge is 2.19. The van der Waals surface area contributed by atoms with E-state index in [-0.39, 0.29) is 11.8 Å². The molecule has 0 aliphatic carbocycles. The van der Waals surface area contributed by atoms with E-state index in [2.05, 4.69) is 10.3 Å². The molecule has 0 aliphatic rings. The van der Waals surface area contributed by atoms with E-state index >= 15 is 0 Å². The highest BCUT2D eigenvalue weighted by atomic mass is 16.3. The molecule has 1 aromatic carbocycles. The molecule has 6 heteroatoms. The predicted molar refractivity (Wildman–Crippen MR) is 97.9 cm³/mol. The van der Waals surface area contributed by atoms with Gasteiger partial charge in [0, 0.05) is 13.2 Å². The summed E-state index contributed by atoms with van der Waals surface area (Å²) in [7, 11) is 1.70. The molecule has 0 radical (unpaired) electrons. The van der Waals surface area contributed by atoms with Gasteiger partial charge in [-0.15, -0.1) is 0 Å². The maximum Gasteiger partial charge on any atom is 0.259 e. The zero-order chi connectivity index (χ0) is 18.5. The largest absolute Gasteiger partial charge is 0.469 e. The summed E-state index contributed by atoms with van der Waals surface area (Å²) in [5.41, 5.74) is 2.10. The lowest BCUT2D eigenvalue weighted by molar-refractivity contribution is 0.0784. The molecule has 0 saturated heterocycles. The second kappa shape index (κ2) is 7.65. The second-order valence-corrected chi connectivity index (χ2v) is 5.87. The Labute approximate surface area is 151 Å². The summed E-state index contributed by atoms with van der Waals surface area (Å²) in [6.45, 7) is 2.09. The Kier molecular flexibility index (Phi) is 5.12. The zero-order valence-electron chi connectivity index (χ0n) is 14.6. The van der Waals surface area contributed by atoms with Crippen LogP contribution >= 0.6 is 0 Å². The van der Waals surface area contributed by atoms with Crippen molar-refractivity contribution in [2.75, 3.05) is 12.4 Å². The van der Waals surface area contributed by atoms with Crippen LogP contribution in [0.25, 0.3) is 0 Å². The van der Waals surface area contributed by atoms with Gasteiger partial charge in [-0.2, -0.15) is 0 Å². The zero-order valence-corrected chi connectivity index (χ0v) is 14.6. The molecular weight excluding hydrogens is 330 g/mol. The van der Waals surface area contributed by atoms with Crippen molar-refractivity contribution in [3.05, 3.63) is 83.6 Å². The number of anilines is 1. The number of nitrogens with one attached hydrogen (secondary N) is 1. The molecule has 0 atom stereocenters. The van der Waals surface area contributed by atoms with Gasteiger partial charge in [0.05, 0.1) is 35.3 Å². The normalized spacial score (nSPS) is 10.4. The van der Waals surface area contributed by atoms with Gasteiger partial charge in [0.15, 0.2) is 0 Å². The Bertz CT molecular complexity index is 919. The molecular formula is C20H19N3O3. The molecule has 0 saturated carbocycles. The molecule has 132 valence electrons. The fourth-order valence-corrected chi connectivity index (χ4v) is 2.60. The maximum absolute atomic E-state index is 12.8. The summed E-state index contributed by atoms with van der Waals surface area (Å²) in [4.78, 5) is 31.1. The summed E-state index contributed by atoms with van der Waals surface area (Å²) >= 11 is 0. The minimum absolute atomic E-state index is 0.199. The van der Waals surface area contributed by atoms with Crippen LogP contribution in [0, 0.1) is 6.92 Å². The van der Waals surface area contributed by atoms with E-state index in [9.17, 15) is 9.59 Å². The van der Waals surface area contributed by atoms with Gasteiger partial charge >= 0.3 is 0 Å². The number of rotatable bonds is 5. The third-order valence-corrected chi connectivity index (χ3v) is 3.98. The topological polar surface area (TPSA) is 75.4 Å². The quantitative estimate of drug-likeness (QED) is 0.765. The molecule has 1 N–H and O–H groups in total. The van der Waals surface area contributed by atoms with Crippen LogP contribution in [0.1, 0.15) is 32.2 Å². The first-order chi connectivity index (χ1) is 12.6. The molecule has 0 bridgehead atoms. The number of aryl methyl sites for hydroxylation is 1. The van der Waals surface area contributed by atoms with Crippen LogP contribution < -0.4 is 5.32 Å².